The summed E-state index contributed by atoms with van der Waals surface area (Å²) in [5.74, 6) is 1.01. The van der Waals surface area contributed by atoms with E-state index in [0.29, 0.717) is 19.0 Å². The van der Waals surface area contributed by atoms with Crippen LogP contribution >= 0.6 is 0 Å². The number of fused-ring (bicyclic) bond motifs is 4. The van der Waals surface area contributed by atoms with Crippen molar-refractivity contribution in [1.29, 1.82) is 0 Å². The second kappa shape index (κ2) is 6.36. The second-order valence-electron chi connectivity index (χ2n) is 7.98. The Morgan fingerprint density at radius 2 is 1.88 bits per heavy atom. The second-order valence-corrected chi connectivity index (χ2v) is 7.98. The first kappa shape index (κ1) is 16.4. The molecular weight excluding hydrogens is 314 g/mol. The Hall–Kier alpha value is -2.04. The van der Waals surface area contributed by atoms with Gasteiger partial charge in [0.15, 0.2) is 0 Å². The summed E-state index contributed by atoms with van der Waals surface area (Å²) in [4.78, 5) is 32.0. The van der Waals surface area contributed by atoms with Crippen LogP contribution in [0.15, 0.2) is 24.3 Å². The minimum atomic E-state index is -0.0204. The zero-order valence-corrected chi connectivity index (χ0v) is 15.1. The van der Waals surface area contributed by atoms with E-state index in [-0.39, 0.29) is 23.8 Å². The lowest BCUT2D eigenvalue weighted by molar-refractivity contribution is -0.140. The molecule has 5 heteroatoms. The van der Waals surface area contributed by atoms with Gasteiger partial charge in [0.05, 0.1) is 11.5 Å². The average molecular weight is 341 g/mol. The molecule has 3 heterocycles. The van der Waals surface area contributed by atoms with Crippen molar-refractivity contribution in [3.63, 3.8) is 0 Å². The van der Waals surface area contributed by atoms with Crippen molar-refractivity contribution < 1.29 is 9.59 Å². The maximum absolute atomic E-state index is 13.2. The summed E-state index contributed by atoms with van der Waals surface area (Å²) in [6.45, 7) is 2.14. The number of hydrogen-bond acceptors (Lipinski definition) is 3. The fraction of sp³-hybridized carbons (Fsp3) is 0.600. The summed E-state index contributed by atoms with van der Waals surface area (Å²) >= 11 is 0. The first-order valence-electron chi connectivity index (χ1n) is 9.40. The van der Waals surface area contributed by atoms with E-state index in [1.807, 2.05) is 48.2 Å². The molecule has 4 fully saturated rings. The van der Waals surface area contributed by atoms with Crippen LogP contribution in [0.1, 0.15) is 36.0 Å². The van der Waals surface area contributed by atoms with Gasteiger partial charge in [-0.3, -0.25) is 9.59 Å². The van der Waals surface area contributed by atoms with Gasteiger partial charge in [0.1, 0.15) is 0 Å². The molecule has 0 aromatic heterocycles. The van der Waals surface area contributed by atoms with Crippen molar-refractivity contribution in [3.05, 3.63) is 29.8 Å². The Morgan fingerprint density at radius 1 is 1.12 bits per heavy atom. The summed E-state index contributed by atoms with van der Waals surface area (Å²) in [6, 6.07) is 7.94. The molecule has 2 amide bonds. The SMILES string of the molecule is CN(C)c1ccccc1C(=O)N1C[C@@H]2CC[C@H](C1)N(CC1CC1)C2=O. The van der Waals surface area contributed by atoms with Crippen molar-refractivity contribution in [3.8, 4) is 0 Å². The molecule has 1 aromatic rings. The number of nitrogens with zero attached hydrogens (tertiary/aromatic N) is 3. The number of hydrogen-bond donors (Lipinski definition) is 0. The van der Waals surface area contributed by atoms with Crippen LogP contribution in [0.4, 0.5) is 5.69 Å². The van der Waals surface area contributed by atoms with Crippen LogP contribution in [0.5, 0.6) is 0 Å². The van der Waals surface area contributed by atoms with Gasteiger partial charge in [-0.1, -0.05) is 12.1 Å². The summed E-state index contributed by atoms with van der Waals surface area (Å²) in [7, 11) is 3.91. The minimum Gasteiger partial charge on any atom is -0.377 e. The highest BCUT2D eigenvalue weighted by Gasteiger charge is 2.43. The molecule has 4 aliphatic rings. The van der Waals surface area contributed by atoms with E-state index in [9.17, 15) is 9.59 Å². The normalized spacial score (nSPS) is 25.9. The van der Waals surface area contributed by atoms with Gasteiger partial charge < -0.3 is 14.7 Å². The predicted octanol–water partition coefficient (Wildman–Crippen LogP) is 2.23. The van der Waals surface area contributed by atoms with E-state index in [4.69, 9.17) is 0 Å². The van der Waals surface area contributed by atoms with Crippen LogP contribution in [0.3, 0.4) is 0 Å². The molecule has 0 radical (unpaired) electrons. The fourth-order valence-corrected chi connectivity index (χ4v) is 4.24. The van der Waals surface area contributed by atoms with Crippen molar-refractivity contribution in [1.82, 2.24) is 9.80 Å². The molecule has 1 saturated carbocycles. The van der Waals surface area contributed by atoms with Gasteiger partial charge in [-0.15, -0.1) is 0 Å². The standard InChI is InChI=1S/C20H27N3O2/c1-21(2)18-6-4-3-5-17(18)20(25)22-12-15-9-10-16(13-22)23(19(15)24)11-14-7-8-14/h3-6,14-16H,7-13H2,1-2H3/t15-,16+/m0/s1. The number of carbonyl (C=O) groups is 2. The highest BCUT2D eigenvalue weighted by Crippen LogP contribution is 2.36. The zero-order chi connectivity index (χ0) is 17.6. The van der Waals surface area contributed by atoms with Crippen LogP contribution in [-0.2, 0) is 4.79 Å². The van der Waals surface area contributed by atoms with Crippen molar-refractivity contribution in [2.24, 2.45) is 11.8 Å². The first-order chi connectivity index (χ1) is 12.0. The number of benzene rings is 1. The molecule has 1 aromatic carbocycles. The van der Waals surface area contributed by atoms with Gasteiger partial charge in [0, 0.05) is 45.5 Å². The Bertz CT molecular complexity index is 683. The Kier molecular flexibility index (Phi) is 4.18. The number of amides is 2. The average Bonchev–Trinajstić information content (AvgIpc) is 3.44. The van der Waals surface area contributed by atoms with Crippen LogP contribution < -0.4 is 4.90 Å². The smallest absolute Gasteiger partial charge is 0.256 e. The topological polar surface area (TPSA) is 43.9 Å². The third-order valence-corrected chi connectivity index (χ3v) is 5.85. The monoisotopic (exact) mass is 341 g/mol. The van der Waals surface area contributed by atoms with Crippen molar-refractivity contribution >= 4 is 17.5 Å². The molecule has 0 spiro atoms. The van der Waals surface area contributed by atoms with E-state index in [1.165, 1.54) is 12.8 Å². The lowest BCUT2D eigenvalue weighted by atomic mass is 9.94. The van der Waals surface area contributed by atoms with Gasteiger partial charge >= 0.3 is 0 Å². The molecule has 2 atom stereocenters. The Labute approximate surface area is 149 Å². The number of rotatable bonds is 4. The van der Waals surface area contributed by atoms with Gasteiger partial charge in [-0.2, -0.15) is 0 Å². The van der Waals surface area contributed by atoms with Crippen LogP contribution in [0, 0.1) is 11.8 Å². The third kappa shape index (κ3) is 3.12. The highest BCUT2D eigenvalue weighted by molar-refractivity contribution is 6.00. The molecule has 0 N–H and O–H groups in total. The molecule has 1 aliphatic carbocycles. The molecule has 3 aliphatic heterocycles. The number of carbonyl (C=O) groups excluding carboxylic acids is 2. The number of anilines is 1. The largest absolute Gasteiger partial charge is 0.377 e. The minimum absolute atomic E-state index is 0.0204. The predicted molar refractivity (Wildman–Crippen MR) is 97.6 cm³/mol. The van der Waals surface area contributed by atoms with E-state index in [1.54, 1.807) is 0 Å². The highest BCUT2D eigenvalue weighted by atomic mass is 16.2. The van der Waals surface area contributed by atoms with Crippen LogP contribution in [-0.4, -0.2) is 61.4 Å². The summed E-state index contributed by atoms with van der Waals surface area (Å²) < 4.78 is 0. The Balaban J connectivity index is 1.58. The molecule has 5 nitrogen and oxygen atoms in total. The molecule has 3 saturated heterocycles. The quantitative estimate of drug-likeness (QED) is 0.843. The lowest BCUT2D eigenvalue weighted by Gasteiger charge is -2.36. The van der Waals surface area contributed by atoms with Gasteiger partial charge in [-0.05, 0) is 43.7 Å². The van der Waals surface area contributed by atoms with Crippen molar-refractivity contribution in [2.75, 3.05) is 38.6 Å². The van der Waals surface area contributed by atoms with Gasteiger partial charge in [-0.25, -0.2) is 0 Å². The maximum Gasteiger partial charge on any atom is 0.256 e. The van der Waals surface area contributed by atoms with E-state index in [0.717, 1.165) is 30.6 Å². The van der Waals surface area contributed by atoms with E-state index in [2.05, 4.69) is 4.90 Å². The third-order valence-electron chi connectivity index (χ3n) is 5.85. The first-order valence-corrected chi connectivity index (χ1v) is 9.40. The summed E-state index contributed by atoms with van der Waals surface area (Å²) in [5, 5.41) is 0. The zero-order valence-electron chi connectivity index (χ0n) is 15.1. The van der Waals surface area contributed by atoms with Crippen LogP contribution in [0.25, 0.3) is 0 Å². The van der Waals surface area contributed by atoms with Crippen LogP contribution in [0.2, 0.25) is 0 Å². The summed E-state index contributed by atoms with van der Waals surface area (Å²) in [6.07, 6.45) is 4.45. The summed E-state index contributed by atoms with van der Waals surface area (Å²) in [5.41, 5.74) is 1.67. The van der Waals surface area contributed by atoms with Crippen molar-refractivity contribution in [2.45, 2.75) is 31.7 Å². The van der Waals surface area contributed by atoms with E-state index < -0.39 is 0 Å². The number of piperidine rings is 1. The van der Waals surface area contributed by atoms with Gasteiger partial charge in [0.25, 0.3) is 5.91 Å². The number of para-hydroxylation sites is 1. The molecule has 134 valence electrons. The molecule has 25 heavy (non-hydrogen) atoms. The van der Waals surface area contributed by atoms with E-state index >= 15 is 0 Å². The molecule has 2 bridgehead atoms. The molecule has 5 rings (SSSR count). The van der Waals surface area contributed by atoms with Gasteiger partial charge in [0.2, 0.25) is 5.91 Å². The Morgan fingerprint density at radius 3 is 2.60 bits per heavy atom. The molecular formula is C20H27N3O2. The fourth-order valence-electron chi connectivity index (χ4n) is 4.24. The maximum atomic E-state index is 13.2. The lowest BCUT2D eigenvalue weighted by Crippen LogP contribution is -2.48. The molecule has 0 unspecified atom stereocenters.